The highest BCUT2D eigenvalue weighted by atomic mass is 79.9. The van der Waals surface area contributed by atoms with Gasteiger partial charge in [-0.25, -0.2) is 9.59 Å². The first-order chi connectivity index (χ1) is 30.6. The Kier molecular flexibility index (Phi) is 10.5. The van der Waals surface area contributed by atoms with E-state index in [4.69, 9.17) is 18.9 Å². The van der Waals surface area contributed by atoms with Crippen molar-refractivity contribution in [1.29, 1.82) is 0 Å². The Morgan fingerprint density at radius 3 is 2.43 bits per heavy atom. The third-order valence-electron chi connectivity index (χ3n) is 11.5. The van der Waals surface area contributed by atoms with Crippen LogP contribution in [0.4, 0.5) is 11.4 Å². The number of anilines is 2. The van der Waals surface area contributed by atoms with Gasteiger partial charge in [-0.1, -0.05) is 54.6 Å². The lowest BCUT2D eigenvalue weighted by molar-refractivity contribution is -0.150. The van der Waals surface area contributed by atoms with Gasteiger partial charge in [0.2, 0.25) is 5.91 Å². The normalized spacial score (nSPS) is 19.2. The number of carbonyl (C=O) groups is 4. The number of para-hydroxylation sites is 1. The number of hydrogen-bond acceptors (Lipinski definition) is 11. The van der Waals surface area contributed by atoms with Gasteiger partial charge >= 0.3 is 11.9 Å². The monoisotopic (exact) mass is 941 g/mol. The van der Waals surface area contributed by atoms with Crippen molar-refractivity contribution in [2.45, 2.75) is 30.0 Å². The van der Waals surface area contributed by atoms with E-state index in [1.165, 1.54) is 28.0 Å². The van der Waals surface area contributed by atoms with Crippen molar-refractivity contribution in [2.75, 3.05) is 24.3 Å². The number of aliphatic carboxylic acids is 1. The Morgan fingerprint density at radius 1 is 0.873 bits per heavy atom. The van der Waals surface area contributed by atoms with Gasteiger partial charge in [-0.2, -0.15) is 0 Å². The molecule has 1 spiro atoms. The molecule has 0 aliphatic carbocycles. The molecular formula is C48H36BrN3O9S2. The highest BCUT2D eigenvalue weighted by Crippen LogP contribution is 2.58. The van der Waals surface area contributed by atoms with Crippen LogP contribution >= 0.6 is 39.0 Å². The van der Waals surface area contributed by atoms with Crippen LogP contribution in [-0.4, -0.2) is 64.6 Å². The predicted molar refractivity (Wildman–Crippen MR) is 241 cm³/mol. The summed E-state index contributed by atoms with van der Waals surface area (Å²) in [4.78, 5) is 55.8. The number of benzene rings is 5. The van der Waals surface area contributed by atoms with Crippen molar-refractivity contribution in [3.05, 3.63) is 175 Å². The molecular weight excluding hydrogens is 907 g/mol. The summed E-state index contributed by atoms with van der Waals surface area (Å²) in [6.07, 6.45) is 0.159. The molecule has 63 heavy (non-hydrogen) atoms. The number of carboxylic acids is 1. The SMILES string of the molecule is CN(c1ccccc1)c1ccc2c(c1)Oc1cc(OCc3ccc(OCC4=C(C(=O)O)N5C(=O)[C@H](NC(=O)Cc6cccs6)[C@@H]5SC4)cc3)c(Br)cc1C21OC(=O)c2ccccc21. The third-order valence-corrected chi connectivity index (χ3v) is 14.3. The van der Waals surface area contributed by atoms with Gasteiger partial charge in [0.15, 0.2) is 5.60 Å². The molecule has 1 saturated heterocycles. The van der Waals surface area contributed by atoms with E-state index in [0.717, 1.165) is 27.4 Å². The zero-order valence-electron chi connectivity index (χ0n) is 33.4. The summed E-state index contributed by atoms with van der Waals surface area (Å²) in [5.41, 5.74) is 4.39. The average Bonchev–Trinajstić information content (AvgIpc) is 3.92. The number of carboxylic acid groups (broad SMARTS) is 1. The van der Waals surface area contributed by atoms with E-state index in [-0.39, 0.29) is 31.2 Å². The lowest BCUT2D eigenvalue weighted by Crippen LogP contribution is -2.70. The van der Waals surface area contributed by atoms with E-state index in [1.807, 2.05) is 109 Å². The van der Waals surface area contributed by atoms with Crippen molar-refractivity contribution in [3.63, 3.8) is 0 Å². The first kappa shape index (κ1) is 40.5. The second-order valence-corrected chi connectivity index (χ2v) is 18.3. The molecule has 1 aromatic heterocycles. The molecule has 5 aromatic carbocycles. The number of carbonyl (C=O) groups excluding carboxylic acids is 3. The first-order valence-corrected chi connectivity index (χ1v) is 22.7. The van der Waals surface area contributed by atoms with Gasteiger partial charge in [0.05, 0.1) is 16.5 Å². The van der Waals surface area contributed by atoms with Gasteiger partial charge < -0.3 is 34.3 Å². The van der Waals surface area contributed by atoms with Gasteiger partial charge in [0, 0.05) is 63.4 Å². The topological polar surface area (TPSA) is 144 Å². The van der Waals surface area contributed by atoms with Gasteiger partial charge in [-0.15, -0.1) is 23.1 Å². The van der Waals surface area contributed by atoms with Gasteiger partial charge in [0.25, 0.3) is 5.91 Å². The standard InChI is InChI=1S/C48H36BrN3O9S2/c1-51(29-8-3-2-4-9-29)30-15-18-35-38(20-30)60-39-23-40(37(49)22-36(39)48(35)34-12-6-5-11-33(34)47(57)61-48)59-24-27-13-16-31(17-14-27)58-25-28-26-63-45-42(44(54)52(45)43(28)46(55)56)50-41(53)21-32-10-7-19-62-32/h2-20,22-23,42,45H,21,24-26H2,1H3,(H,50,53)(H,55,56)/t42-,45-,48?/m0/s1. The molecule has 0 radical (unpaired) electrons. The number of amides is 2. The highest BCUT2D eigenvalue weighted by Gasteiger charge is 2.55. The van der Waals surface area contributed by atoms with Crippen LogP contribution in [0.25, 0.3) is 0 Å². The van der Waals surface area contributed by atoms with Crippen LogP contribution in [0.3, 0.4) is 0 Å². The minimum Gasteiger partial charge on any atom is -0.489 e. The van der Waals surface area contributed by atoms with Crippen molar-refractivity contribution >= 4 is 74.2 Å². The number of halogens is 1. The summed E-state index contributed by atoms with van der Waals surface area (Å²) < 4.78 is 26.0. The zero-order valence-corrected chi connectivity index (χ0v) is 36.6. The van der Waals surface area contributed by atoms with Crippen molar-refractivity contribution in [2.24, 2.45) is 0 Å². The van der Waals surface area contributed by atoms with Crippen LogP contribution in [-0.2, 0) is 37.7 Å². The van der Waals surface area contributed by atoms with E-state index >= 15 is 0 Å². The summed E-state index contributed by atoms with van der Waals surface area (Å²) in [7, 11) is 1.98. The largest absolute Gasteiger partial charge is 0.489 e. The number of esters is 1. The second-order valence-electron chi connectivity index (χ2n) is 15.3. The first-order valence-electron chi connectivity index (χ1n) is 19.9. The van der Waals surface area contributed by atoms with E-state index in [0.29, 0.717) is 55.5 Å². The van der Waals surface area contributed by atoms with E-state index in [1.54, 1.807) is 24.3 Å². The Morgan fingerprint density at radius 2 is 1.65 bits per heavy atom. The molecule has 4 aliphatic rings. The number of hydrogen-bond donors (Lipinski definition) is 2. The molecule has 0 saturated carbocycles. The molecule has 2 N–H and O–H groups in total. The van der Waals surface area contributed by atoms with E-state index in [2.05, 4.69) is 26.1 Å². The van der Waals surface area contributed by atoms with Crippen LogP contribution in [0.15, 0.2) is 142 Å². The molecule has 2 amide bonds. The number of fused-ring (bicyclic) bond motifs is 7. The molecule has 0 bridgehead atoms. The predicted octanol–water partition coefficient (Wildman–Crippen LogP) is 8.79. The highest BCUT2D eigenvalue weighted by molar-refractivity contribution is 9.10. The fraction of sp³-hybridized carbons (Fsp3) is 0.167. The molecule has 10 rings (SSSR count). The number of rotatable bonds is 12. The van der Waals surface area contributed by atoms with E-state index in [9.17, 15) is 24.3 Å². The molecule has 3 atom stereocenters. The van der Waals surface area contributed by atoms with Crippen molar-refractivity contribution < 1.29 is 43.2 Å². The molecule has 1 fully saturated rings. The fourth-order valence-electron chi connectivity index (χ4n) is 8.39. The summed E-state index contributed by atoms with van der Waals surface area (Å²) in [5, 5.41) is 14.3. The molecule has 6 aromatic rings. The molecule has 316 valence electrons. The number of nitrogens with one attached hydrogen (secondary N) is 1. The second kappa shape index (κ2) is 16.3. The fourth-order valence-corrected chi connectivity index (χ4v) is 10.9. The maximum Gasteiger partial charge on any atom is 0.352 e. The van der Waals surface area contributed by atoms with Crippen LogP contribution in [0.2, 0.25) is 0 Å². The van der Waals surface area contributed by atoms with Crippen molar-refractivity contribution in [1.82, 2.24) is 10.2 Å². The summed E-state index contributed by atoms with van der Waals surface area (Å²) in [6.45, 7) is 0.157. The Balaban J connectivity index is 0.841. The maximum absolute atomic E-state index is 13.5. The quantitative estimate of drug-likeness (QED) is 0.0898. The minimum atomic E-state index is -1.26. The zero-order chi connectivity index (χ0) is 43.4. The average molecular weight is 943 g/mol. The number of nitrogens with zero attached hydrogens (tertiary/aromatic N) is 2. The number of β-lactam (4-membered cyclic amide) rings is 1. The number of thioether (sulfide) groups is 1. The summed E-state index contributed by atoms with van der Waals surface area (Å²) >= 11 is 6.57. The molecule has 5 heterocycles. The number of thiophene rings is 1. The Bertz CT molecular complexity index is 2850. The van der Waals surface area contributed by atoms with Gasteiger partial charge in [-0.05, 0) is 81.5 Å². The van der Waals surface area contributed by atoms with Crippen LogP contribution < -0.4 is 24.4 Å². The summed E-state index contributed by atoms with van der Waals surface area (Å²) in [6, 6.07) is 37.2. The molecule has 4 aliphatic heterocycles. The number of ether oxygens (including phenoxy) is 4. The minimum absolute atomic E-state index is 0.0348. The Hall–Kier alpha value is -6.55. The molecule has 12 nitrogen and oxygen atoms in total. The van der Waals surface area contributed by atoms with Crippen LogP contribution in [0, 0.1) is 0 Å². The summed E-state index contributed by atoms with van der Waals surface area (Å²) in [5.74, 6) is -0.0239. The van der Waals surface area contributed by atoms with Gasteiger partial charge in [0.1, 0.15) is 53.3 Å². The van der Waals surface area contributed by atoms with Crippen molar-refractivity contribution in [3.8, 4) is 23.0 Å². The maximum atomic E-state index is 13.5. The lowest BCUT2D eigenvalue weighted by atomic mass is 9.77. The van der Waals surface area contributed by atoms with Crippen LogP contribution in [0.5, 0.6) is 23.0 Å². The molecule has 1 unspecified atom stereocenters. The van der Waals surface area contributed by atoms with Crippen LogP contribution in [0.1, 0.15) is 37.5 Å². The van der Waals surface area contributed by atoms with Gasteiger partial charge in [-0.3, -0.25) is 14.5 Å². The Labute approximate surface area is 378 Å². The smallest absolute Gasteiger partial charge is 0.352 e. The lowest BCUT2D eigenvalue weighted by Gasteiger charge is -2.49. The molecule has 15 heteroatoms. The third kappa shape index (κ3) is 7.19. The van der Waals surface area contributed by atoms with E-state index < -0.39 is 34.9 Å².